The highest BCUT2D eigenvalue weighted by molar-refractivity contribution is 6.04. The Hall–Kier alpha value is -0.755. The van der Waals surface area contributed by atoms with Crippen LogP contribution in [0.15, 0.2) is 30.3 Å². The Kier molecular flexibility index (Phi) is 3.76. The molecule has 1 aromatic rings. The van der Waals surface area contributed by atoms with Crippen LogP contribution in [0, 0.1) is 0 Å². The predicted molar refractivity (Wildman–Crippen MR) is 65.2 cm³/mol. The van der Waals surface area contributed by atoms with Crippen LogP contribution < -0.4 is 5.23 Å². The zero-order valence-electron chi connectivity index (χ0n) is 9.67. The summed E-state index contributed by atoms with van der Waals surface area (Å²) in [6, 6.07) is 11.3. The quantitative estimate of drug-likeness (QED) is 0.713. The number of hydrogen-bond acceptors (Lipinski definition) is 1. The van der Waals surface area contributed by atoms with Crippen molar-refractivity contribution in [1.29, 1.82) is 0 Å². The Balaban J connectivity index is 2.75. The molecular weight excluding hydrogens is 169 g/mol. The summed E-state index contributed by atoms with van der Waals surface area (Å²) in [6.07, 6.45) is 1.16. The molecule has 0 aliphatic carbocycles. The molecule has 0 saturated heterocycles. The first-order valence-electron chi connectivity index (χ1n) is 5.29. The summed E-state index contributed by atoms with van der Waals surface area (Å²) < 4.78 is 0. The minimum atomic E-state index is 0.254. The van der Waals surface area contributed by atoms with Gasteiger partial charge < -0.3 is 5.23 Å². The lowest BCUT2D eigenvalue weighted by Gasteiger charge is -2.28. The van der Waals surface area contributed by atoms with Gasteiger partial charge in [0.2, 0.25) is 0 Å². The van der Waals surface area contributed by atoms with E-state index in [9.17, 15) is 0 Å². The fourth-order valence-electron chi connectivity index (χ4n) is 1.87. The van der Waals surface area contributed by atoms with E-state index in [0.717, 1.165) is 6.42 Å². The molecule has 0 radical (unpaired) electrons. The van der Waals surface area contributed by atoms with Crippen LogP contribution in [0.3, 0.4) is 0 Å². The third-order valence-electron chi connectivity index (χ3n) is 2.86. The highest BCUT2D eigenvalue weighted by Gasteiger charge is 2.21. The standard InChI is InChI=1S/C12H20BN/c1-10(14-13)9-12(2,3)11-7-5-4-6-8-11/h4-8,10,14H,9,13H2,1-3H3. The number of nitrogens with one attached hydrogen (secondary N) is 1. The van der Waals surface area contributed by atoms with E-state index in [1.54, 1.807) is 0 Å². The Morgan fingerprint density at radius 2 is 1.86 bits per heavy atom. The van der Waals surface area contributed by atoms with E-state index in [0.29, 0.717) is 6.04 Å². The maximum Gasteiger partial charge on any atom is 0.182 e. The predicted octanol–water partition coefficient (Wildman–Crippen LogP) is 1.88. The molecule has 76 valence electrons. The SMILES string of the molecule is BNC(C)CC(C)(C)c1ccccc1. The molecule has 1 unspecified atom stereocenters. The van der Waals surface area contributed by atoms with Gasteiger partial charge in [-0.1, -0.05) is 51.1 Å². The average molecular weight is 189 g/mol. The van der Waals surface area contributed by atoms with Gasteiger partial charge in [-0.2, -0.15) is 0 Å². The molecule has 0 heterocycles. The van der Waals surface area contributed by atoms with Crippen LogP contribution in [-0.2, 0) is 5.41 Å². The molecule has 0 aliphatic heterocycles. The Morgan fingerprint density at radius 1 is 1.29 bits per heavy atom. The second-order valence-electron chi connectivity index (χ2n) is 4.64. The molecule has 0 fully saturated rings. The highest BCUT2D eigenvalue weighted by atomic mass is 14.8. The fourth-order valence-corrected chi connectivity index (χ4v) is 1.87. The van der Waals surface area contributed by atoms with E-state index in [1.165, 1.54) is 5.56 Å². The van der Waals surface area contributed by atoms with Crippen LogP contribution in [0.2, 0.25) is 0 Å². The number of rotatable bonds is 4. The molecule has 1 nitrogen and oxygen atoms in total. The first kappa shape index (κ1) is 11.3. The molecule has 14 heavy (non-hydrogen) atoms. The summed E-state index contributed by atoms with van der Waals surface area (Å²) in [5, 5.41) is 3.29. The van der Waals surface area contributed by atoms with Crippen molar-refractivity contribution in [2.24, 2.45) is 0 Å². The van der Waals surface area contributed by atoms with Gasteiger partial charge in [-0.05, 0) is 23.4 Å². The largest absolute Gasteiger partial charge is 0.360 e. The van der Waals surface area contributed by atoms with Gasteiger partial charge >= 0.3 is 0 Å². The zero-order chi connectivity index (χ0) is 10.6. The third-order valence-corrected chi connectivity index (χ3v) is 2.86. The van der Waals surface area contributed by atoms with Crippen LogP contribution in [-0.4, -0.2) is 14.0 Å². The van der Waals surface area contributed by atoms with Gasteiger partial charge in [0.25, 0.3) is 0 Å². The van der Waals surface area contributed by atoms with Gasteiger partial charge in [-0.15, -0.1) is 0 Å². The molecule has 0 spiro atoms. The molecule has 1 aromatic carbocycles. The molecule has 0 bridgehead atoms. The topological polar surface area (TPSA) is 12.0 Å². The van der Waals surface area contributed by atoms with Crippen molar-refractivity contribution < 1.29 is 0 Å². The summed E-state index contributed by atoms with van der Waals surface area (Å²) in [7, 11) is 2.02. The van der Waals surface area contributed by atoms with Crippen molar-refractivity contribution in [2.45, 2.75) is 38.6 Å². The molecule has 0 aromatic heterocycles. The van der Waals surface area contributed by atoms with Crippen molar-refractivity contribution in [2.75, 3.05) is 0 Å². The van der Waals surface area contributed by atoms with Gasteiger partial charge in [-0.3, -0.25) is 0 Å². The van der Waals surface area contributed by atoms with Crippen molar-refractivity contribution in [3.8, 4) is 0 Å². The second-order valence-corrected chi connectivity index (χ2v) is 4.64. The minimum Gasteiger partial charge on any atom is -0.360 e. The zero-order valence-corrected chi connectivity index (χ0v) is 9.67. The van der Waals surface area contributed by atoms with Crippen molar-refractivity contribution in [3.05, 3.63) is 35.9 Å². The highest BCUT2D eigenvalue weighted by Crippen LogP contribution is 2.27. The van der Waals surface area contributed by atoms with E-state index < -0.39 is 0 Å². The Morgan fingerprint density at radius 3 is 2.36 bits per heavy atom. The fraction of sp³-hybridized carbons (Fsp3) is 0.500. The van der Waals surface area contributed by atoms with E-state index in [-0.39, 0.29) is 5.41 Å². The van der Waals surface area contributed by atoms with Crippen molar-refractivity contribution in [3.63, 3.8) is 0 Å². The molecule has 2 heteroatoms. The van der Waals surface area contributed by atoms with Crippen LogP contribution in [0.5, 0.6) is 0 Å². The number of hydrogen-bond donors (Lipinski definition) is 1. The van der Waals surface area contributed by atoms with Crippen LogP contribution in [0.25, 0.3) is 0 Å². The van der Waals surface area contributed by atoms with Gasteiger partial charge in [0.05, 0.1) is 0 Å². The molecular formula is C12H20BN. The lowest BCUT2D eigenvalue weighted by molar-refractivity contribution is 0.423. The van der Waals surface area contributed by atoms with E-state index in [4.69, 9.17) is 0 Å². The average Bonchev–Trinajstić information content (AvgIpc) is 2.18. The normalized spacial score (nSPS) is 13.9. The Bertz CT molecular complexity index is 269. The van der Waals surface area contributed by atoms with Gasteiger partial charge in [0.1, 0.15) is 0 Å². The van der Waals surface area contributed by atoms with Crippen LogP contribution >= 0.6 is 0 Å². The summed E-state index contributed by atoms with van der Waals surface area (Å²) in [5.41, 5.74) is 1.67. The molecule has 0 amide bonds. The summed E-state index contributed by atoms with van der Waals surface area (Å²) in [6.45, 7) is 6.83. The monoisotopic (exact) mass is 189 g/mol. The molecule has 0 saturated carbocycles. The minimum absolute atomic E-state index is 0.254. The van der Waals surface area contributed by atoms with Gasteiger partial charge in [0, 0.05) is 0 Å². The molecule has 1 N–H and O–H groups in total. The van der Waals surface area contributed by atoms with Crippen molar-refractivity contribution in [1.82, 2.24) is 5.23 Å². The summed E-state index contributed by atoms with van der Waals surface area (Å²) >= 11 is 0. The number of benzene rings is 1. The second kappa shape index (κ2) is 4.65. The van der Waals surface area contributed by atoms with E-state index in [2.05, 4.69) is 56.3 Å². The van der Waals surface area contributed by atoms with E-state index in [1.807, 2.05) is 7.98 Å². The van der Waals surface area contributed by atoms with Crippen molar-refractivity contribution >= 4 is 7.98 Å². The summed E-state index contributed by atoms with van der Waals surface area (Å²) in [4.78, 5) is 0. The van der Waals surface area contributed by atoms with Gasteiger partial charge in [0.15, 0.2) is 7.98 Å². The van der Waals surface area contributed by atoms with Crippen LogP contribution in [0.1, 0.15) is 32.8 Å². The maximum absolute atomic E-state index is 3.29. The first-order chi connectivity index (χ1) is 6.56. The Labute approximate surface area is 88.3 Å². The first-order valence-corrected chi connectivity index (χ1v) is 5.29. The van der Waals surface area contributed by atoms with Crippen LogP contribution in [0.4, 0.5) is 0 Å². The third kappa shape index (κ3) is 2.88. The maximum atomic E-state index is 3.29. The lowest BCUT2D eigenvalue weighted by Crippen LogP contribution is -2.31. The molecule has 1 rings (SSSR count). The molecule has 0 aliphatic rings. The lowest BCUT2D eigenvalue weighted by atomic mass is 9.79. The summed E-state index contributed by atoms with van der Waals surface area (Å²) in [5.74, 6) is 0. The van der Waals surface area contributed by atoms with E-state index >= 15 is 0 Å². The van der Waals surface area contributed by atoms with Gasteiger partial charge in [-0.25, -0.2) is 0 Å². The molecule has 1 atom stereocenters. The smallest absolute Gasteiger partial charge is 0.182 e.